The average Bonchev–Trinajstić information content (AvgIpc) is 2.19. The lowest BCUT2D eigenvalue weighted by atomic mass is 9.78. The summed E-state index contributed by atoms with van der Waals surface area (Å²) in [5, 5.41) is 3.63. The molecule has 80 valence electrons. The molecule has 14 heavy (non-hydrogen) atoms. The third-order valence-electron chi connectivity index (χ3n) is 3.54. The van der Waals surface area contributed by atoms with Crippen molar-refractivity contribution in [3.63, 3.8) is 0 Å². The van der Waals surface area contributed by atoms with E-state index < -0.39 is 0 Å². The highest BCUT2D eigenvalue weighted by Crippen LogP contribution is 2.29. The standard InChI is InChI=1S/C13H23N/c1-4-5-6-10-14-13-9-7-8-11(2)12(13)3/h11-14H,6-10H2,1-3H3. The molecular formula is C13H23N. The Morgan fingerprint density at radius 3 is 2.79 bits per heavy atom. The second-order valence-corrected chi connectivity index (χ2v) is 4.50. The molecule has 1 saturated carbocycles. The molecule has 0 amide bonds. The number of rotatable bonds is 3. The van der Waals surface area contributed by atoms with Gasteiger partial charge in [-0.15, -0.1) is 11.8 Å². The van der Waals surface area contributed by atoms with E-state index in [9.17, 15) is 0 Å². The maximum atomic E-state index is 3.63. The molecule has 3 unspecified atom stereocenters. The van der Waals surface area contributed by atoms with Gasteiger partial charge in [0.05, 0.1) is 0 Å². The Morgan fingerprint density at radius 2 is 2.07 bits per heavy atom. The van der Waals surface area contributed by atoms with Crippen LogP contribution in [0.4, 0.5) is 0 Å². The van der Waals surface area contributed by atoms with E-state index in [0.717, 1.165) is 30.8 Å². The van der Waals surface area contributed by atoms with Crippen molar-refractivity contribution in [2.24, 2.45) is 11.8 Å². The number of hydrogen-bond donors (Lipinski definition) is 1. The number of hydrogen-bond acceptors (Lipinski definition) is 1. The molecule has 1 nitrogen and oxygen atoms in total. The van der Waals surface area contributed by atoms with Gasteiger partial charge < -0.3 is 5.32 Å². The lowest BCUT2D eigenvalue weighted by molar-refractivity contribution is 0.208. The number of nitrogens with one attached hydrogen (secondary N) is 1. The van der Waals surface area contributed by atoms with Crippen LogP contribution in [-0.2, 0) is 0 Å². The van der Waals surface area contributed by atoms with Crippen LogP contribution in [0.3, 0.4) is 0 Å². The van der Waals surface area contributed by atoms with E-state index in [-0.39, 0.29) is 0 Å². The van der Waals surface area contributed by atoms with Gasteiger partial charge in [-0.1, -0.05) is 26.7 Å². The van der Waals surface area contributed by atoms with Crippen LogP contribution in [0.1, 0.15) is 46.5 Å². The maximum Gasteiger partial charge on any atom is 0.0214 e. The summed E-state index contributed by atoms with van der Waals surface area (Å²) < 4.78 is 0. The average molecular weight is 193 g/mol. The minimum Gasteiger partial charge on any atom is -0.313 e. The fourth-order valence-electron chi connectivity index (χ4n) is 2.32. The van der Waals surface area contributed by atoms with Gasteiger partial charge in [-0.25, -0.2) is 0 Å². The normalized spacial score (nSPS) is 32.1. The van der Waals surface area contributed by atoms with Crippen molar-refractivity contribution in [2.45, 2.75) is 52.5 Å². The predicted molar refractivity (Wildman–Crippen MR) is 62.0 cm³/mol. The van der Waals surface area contributed by atoms with E-state index in [4.69, 9.17) is 0 Å². The van der Waals surface area contributed by atoms with Crippen LogP contribution in [0.5, 0.6) is 0 Å². The van der Waals surface area contributed by atoms with Crippen LogP contribution in [0.15, 0.2) is 0 Å². The third kappa shape index (κ3) is 3.35. The van der Waals surface area contributed by atoms with Crippen LogP contribution in [0.2, 0.25) is 0 Å². The zero-order valence-corrected chi connectivity index (χ0v) is 9.77. The molecule has 0 radical (unpaired) electrons. The van der Waals surface area contributed by atoms with Crippen molar-refractivity contribution in [3.8, 4) is 11.8 Å². The van der Waals surface area contributed by atoms with Crippen LogP contribution in [0.25, 0.3) is 0 Å². The molecule has 1 heteroatoms. The minimum absolute atomic E-state index is 0.734. The predicted octanol–water partition coefficient (Wildman–Crippen LogP) is 2.81. The molecule has 1 aliphatic carbocycles. The van der Waals surface area contributed by atoms with E-state index in [1.807, 2.05) is 6.92 Å². The van der Waals surface area contributed by atoms with Gasteiger partial charge in [-0.2, -0.15) is 0 Å². The first kappa shape index (κ1) is 11.6. The molecule has 0 aromatic heterocycles. The van der Waals surface area contributed by atoms with Crippen LogP contribution in [-0.4, -0.2) is 12.6 Å². The van der Waals surface area contributed by atoms with Crippen molar-refractivity contribution in [3.05, 3.63) is 0 Å². The summed E-state index contributed by atoms with van der Waals surface area (Å²) in [6.45, 7) is 7.73. The van der Waals surface area contributed by atoms with Crippen LogP contribution >= 0.6 is 0 Å². The molecule has 1 rings (SSSR count). The van der Waals surface area contributed by atoms with Crippen molar-refractivity contribution >= 4 is 0 Å². The molecule has 1 aliphatic rings. The lowest BCUT2D eigenvalue weighted by Crippen LogP contribution is -2.40. The monoisotopic (exact) mass is 193 g/mol. The molecule has 0 aliphatic heterocycles. The Hall–Kier alpha value is -0.480. The van der Waals surface area contributed by atoms with Gasteiger partial charge in [0.2, 0.25) is 0 Å². The minimum atomic E-state index is 0.734. The van der Waals surface area contributed by atoms with Crippen molar-refractivity contribution < 1.29 is 0 Å². The molecule has 0 spiro atoms. The third-order valence-corrected chi connectivity index (χ3v) is 3.54. The Morgan fingerprint density at radius 1 is 1.29 bits per heavy atom. The molecule has 1 N–H and O–H groups in total. The fraction of sp³-hybridized carbons (Fsp3) is 0.846. The van der Waals surface area contributed by atoms with Gasteiger partial charge in [0.25, 0.3) is 0 Å². The first-order chi connectivity index (χ1) is 6.75. The quantitative estimate of drug-likeness (QED) is 0.537. The highest BCUT2D eigenvalue weighted by atomic mass is 14.9. The van der Waals surface area contributed by atoms with E-state index in [0.29, 0.717) is 0 Å². The van der Waals surface area contributed by atoms with Crippen molar-refractivity contribution in [2.75, 3.05) is 6.54 Å². The molecule has 3 atom stereocenters. The molecule has 0 aromatic carbocycles. The fourth-order valence-corrected chi connectivity index (χ4v) is 2.32. The molecule has 0 heterocycles. The molecular weight excluding hydrogens is 170 g/mol. The molecule has 0 bridgehead atoms. The van der Waals surface area contributed by atoms with Crippen molar-refractivity contribution in [1.29, 1.82) is 0 Å². The maximum absolute atomic E-state index is 3.63. The summed E-state index contributed by atoms with van der Waals surface area (Å²) in [7, 11) is 0. The Kier molecular flexibility index (Phi) is 5.04. The Balaban J connectivity index is 2.24. The summed E-state index contributed by atoms with van der Waals surface area (Å²) in [5.74, 6) is 7.76. The first-order valence-electron chi connectivity index (χ1n) is 5.88. The largest absolute Gasteiger partial charge is 0.313 e. The zero-order chi connectivity index (χ0) is 10.4. The van der Waals surface area contributed by atoms with Gasteiger partial charge in [0.15, 0.2) is 0 Å². The summed E-state index contributed by atoms with van der Waals surface area (Å²) >= 11 is 0. The molecule has 0 aromatic rings. The van der Waals surface area contributed by atoms with Crippen LogP contribution < -0.4 is 5.32 Å². The van der Waals surface area contributed by atoms with Gasteiger partial charge in [0.1, 0.15) is 0 Å². The Labute approximate surface area is 88.7 Å². The first-order valence-corrected chi connectivity index (χ1v) is 5.88. The van der Waals surface area contributed by atoms with Gasteiger partial charge in [-0.05, 0) is 25.2 Å². The SMILES string of the molecule is CC#CCCNC1CCCC(C)C1C. The second-order valence-electron chi connectivity index (χ2n) is 4.50. The van der Waals surface area contributed by atoms with E-state index in [2.05, 4.69) is 31.0 Å². The van der Waals surface area contributed by atoms with Crippen LogP contribution in [0, 0.1) is 23.7 Å². The van der Waals surface area contributed by atoms with Gasteiger partial charge >= 0.3 is 0 Å². The summed E-state index contributed by atoms with van der Waals surface area (Å²) in [6, 6.07) is 0.734. The van der Waals surface area contributed by atoms with E-state index >= 15 is 0 Å². The van der Waals surface area contributed by atoms with E-state index in [1.54, 1.807) is 0 Å². The van der Waals surface area contributed by atoms with Crippen molar-refractivity contribution in [1.82, 2.24) is 5.32 Å². The van der Waals surface area contributed by atoms with Gasteiger partial charge in [0, 0.05) is 19.0 Å². The highest BCUT2D eigenvalue weighted by molar-refractivity contribution is 4.95. The van der Waals surface area contributed by atoms with E-state index in [1.165, 1.54) is 19.3 Å². The summed E-state index contributed by atoms with van der Waals surface area (Å²) in [5.41, 5.74) is 0. The van der Waals surface area contributed by atoms with Gasteiger partial charge in [-0.3, -0.25) is 0 Å². The second kappa shape index (κ2) is 6.09. The summed E-state index contributed by atoms with van der Waals surface area (Å²) in [4.78, 5) is 0. The Bertz CT molecular complexity index is 211. The molecule has 1 fully saturated rings. The smallest absolute Gasteiger partial charge is 0.0214 e. The summed E-state index contributed by atoms with van der Waals surface area (Å²) in [6.07, 6.45) is 5.15. The zero-order valence-electron chi connectivity index (χ0n) is 9.77. The highest BCUT2D eigenvalue weighted by Gasteiger charge is 2.25. The topological polar surface area (TPSA) is 12.0 Å². The lowest BCUT2D eigenvalue weighted by Gasteiger charge is -2.34. The molecule has 0 saturated heterocycles.